The molecule has 4 rings (SSSR count). The Hall–Kier alpha value is -3.68. The lowest BCUT2D eigenvalue weighted by molar-refractivity contribution is 0.875. The molecule has 0 fully saturated rings. The largest absolute Gasteiger partial charge is 0.382 e. The lowest BCUT2D eigenvalue weighted by Crippen LogP contribution is -2.16. The predicted molar refractivity (Wildman–Crippen MR) is 115 cm³/mol. The fourth-order valence-corrected chi connectivity index (χ4v) is 2.63. The summed E-state index contributed by atoms with van der Waals surface area (Å²) in [5.74, 6) is 1.07. The molecule has 5 N–H and O–H groups in total. The highest BCUT2D eigenvalue weighted by Gasteiger charge is 2.05. The standard InChI is InChI=1S/C11H13N3O.C8H7N3O.CH4/c1-7(2)12-10-8-5-3-4-6-9(8)11(15)14-13-10;9-7-5-3-1-2-4-6(5)8(12)11-10-7;/h3-7H,1-2H3,(H,12,13)(H,14,15);1-4H,(H2,9,10)(H,11,12);1H4. The van der Waals surface area contributed by atoms with Crippen molar-refractivity contribution < 1.29 is 0 Å². The average Bonchev–Trinajstić information content (AvgIpc) is 2.68. The Balaban J connectivity index is 0.000000198. The van der Waals surface area contributed by atoms with Crippen LogP contribution in [0.1, 0.15) is 21.3 Å². The van der Waals surface area contributed by atoms with Crippen molar-refractivity contribution in [1.29, 1.82) is 0 Å². The second kappa shape index (κ2) is 8.81. The predicted octanol–water partition coefficient (Wildman–Crippen LogP) is 2.88. The van der Waals surface area contributed by atoms with Gasteiger partial charge in [0, 0.05) is 16.8 Å². The van der Waals surface area contributed by atoms with E-state index in [1.807, 2.05) is 38.1 Å². The van der Waals surface area contributed by atoms with Gasteiger partial charge in [-0.15, -0.1) is 0 Å². The van der Waals surface area contributed by atoms with Gasteiger partial charge >= 0.3 is 0 Å². The Morgan fingerprint density at radius 2 is 1.29 bits per heavy atom. The first-order valence-electron chi connectivity index (χ1n) is 8.44. The summed E-state index contributed by atoms with van der Waals surface area (Å²) in [5, 5.41) is 18.4. The van der Waals surface area contributed by atoms with Gasteiger partial charge in [0.1, 0.15) is 0 Å². The van der Waals surface area contributed by atoms with Gasteiger partial charge in [-0.2, -0.15) is 10.2 Å². The molecule has 0 saturated carbocycles. The van der Waals surface area contributed by atoms with Crippen LogP contribution in [0.2, 0.25) is 0 Å². The molecule has 0 spiro atoms. The van der Waals surface area contributed by atoms with Crippen molar-refractivity contribution in [3.8, 4) is 0 Å². The summed E-state index contributed by atoms with van der Waals surface area (Å²) >= 11 is 0. The molecule has 28 heavy (non-hydrogen) atoms. The highest BCUT2D eigenvalue weighted by molar-refractivity contribution is 5.91. The topological polar surface area (TPSA) is 130 Å². The van der Waals surface area contributed by atoms with Crippen LogP contribution in [0.5, 0.6) is 0 Å². The zero-order valence-electron chi connectivity index (χ0n) is 15.0. The molecule has 0 amide bonds. The van der Waals surface area contributed by atoms with Crippen LogP contribution in [-0.4, -0.2) is 26.4 Å². The van der Waals surface area contributed by atoms with Gasteiger partial charge in [-0.05, 0) is 26.0 Å². The first-order chi connectivity index (χ1) is 13.0. The summed E-state index contributed by atoms with van der Waals surface area (Å²) in [6.07, 6.45) is 0. The van der Waals surface area contributed by atoms with E-state index in [4.69, 9.17) is 5.73 Å². The first-order valence-corrected chi connectivity index (χ1v) is 8.44. The van der Waals surface area contributed by atoms with Crippen molar-refractivity contribution in [2.24, 2.45) is 0 Å². The van der Waals surface area contributed by atoms with Gasteiger partial charge < -0.3 is 11.1 Å². The first kappa shape index (κ1) is 20.6. The summed E-state index contributed by atoms with van der Waals surface area (Å²) in [6, 6.07) is 14.8. The Morgan fingerprint density at radius 3 is 1.82 bits per heavy atom. The second-order valence-corrected chi connectivity index (χ2v) is 6.23. The summed E-state index contributed by atoms with van der Waals surface area (Å²) in [6.45, 7) is 4.06. The van der Waals surface area contributed by atoms with Gasteiger partial charge in [0.25, 0.3) is 11.1 Å². The van der Waals surface area contributed by atoms with Gasteiger partial charge in [-0.3, -0.25) is 9.59 Å². The van der Waals surface area contributed by atoms with Gasteiger partial charge in [0.15, 0.2) is 11.6 Å². The molecule has 0 bridgehead atoms. The number of H-pyrrole nitrogens is 2. The van der Waals surface area contributed by atoms with Crippen molar-refractivity contribution >= 4 is 33.2 Å². The van der Waals surface area contributed by atoms with Crippen molar-refractivity contribution in [3.63, 3.8) is 0 Å². The SMILES string of the molecule is C.CC(C)Nc1n[nH]c(=O)c2ccccc12.Nc1n[nH]c(=O)c2ccccc12. The second-order valence-electron chi connectivity index (χ2n) is 6.23. The Labute approximate surface area is 161 Å². The number of rotatable bonds is 2. The van der Waals surface area contributed by atoms with Gasteiger partial charge in [0.2, 0.25) is 0 Å². The molecule has 8 nitrogen and oxygen atoms in total. The van der Waals surface area contributed by atoms with E-state index in [1.165, 1.54) is 0 Å². The van der Waals surface area contributed by atoms with Gasteiger partial charge in [0.05, 0.1) is 10.8 Å². The molecule has 146 valence electrons. The van der Waals surface area contributed by atoms with Crippen LogP contribution < -0.4 is 22.2 Å². The maximum atomic E-state index is 11.5. The Morgan fingerprint density at radius 1 is 0.821 bits per heavy atom. The number of nitrogens with one attached hydrogen (secondary N) is 3. The zero-order chi connectivity index (χ0) is 19.4. The minimum atomic E-state index is -0.209. The van der Waals surface area contributed by atoms with E-state index in [1.54, 1.807) is 24.3 Å². The number of nitrogens with two attached hydrogens (primary N) is 1. The molecule has 0 aliphatic rings. The molecule has 8 heteroatoms. The van der Waals surface area contributed by atoms with E-state index in [2.05, 4.69) is 25.7 Å². The number of nitrogen functional groups attached to an aromatic ring is 1. The molecule has 4 aromatic rings. The number of aromatic amines is 2. The summed E-state index contributed by atoms with van der Waals surface area (Å²) in [4.78, 5) is 22.6. The molecule has 0 atom stereocenters. The Kier molecular flexibility index (Phi) is 6.49. The quantitative estimate of drug-likeness (QED) is 0.423. The van der Waals surface area contributed by atoms with E-state index in [0.717, 1.165) is 11.2 Å². The monoisotopic (exact) mass is 380 g/mol. The molecular formula is C20H24N6O2. The average molecular weight is 380 g/mol. The van der Waals surface area contributed by atoms with Crippen molar-refractivity contribution in [2.45, 2.75) is 27.3 Å². The van der Waals surface area contributed by atoms with Crippen molar-refractivity contribution in [3.05, 3.63) is 69.2 Å². The number of fused-ring (bicyclic) bond motifs is 2. The number of benzene rings is 2. The smallest absolute Gasteiger partial charge is 0.272 e. The maximum Gasteiger partial charge on any atom is 0.272 e. The summed E-state index contributed by atoms with van der Waals surface area (Å²) in [7, 11) is 0. The van der Waals surface area contributed by atoms with E-state index in [9.17, 15) is 9.59 Å². The van der Waals surface area contributed by atoms with Crippen LogP contribution in [-0.2, 0) is 0 Å². The molecule has 2 aromatic carbocycles. The van der Waals surface area contributed by atoms with Crippen LogP contribution in [0.25, 0.3) is 21.5 Å². The zero-order valence-corrected chi connectivity index (χ0v) is 15.0. The van der Waals surface area contributed by atoms with Crippen LogP contribution >= 0.6 is 0 Å². The number of anilines is 2. The lowest BCUT2D eigenvalue weighted by atomic mass is 10.2. The minimum Gasteiger partial charge on any atom is -0.382 e. The van der Waals surface area contributed by atoms with Crippen molar-refractivity contribution in [2.75, 3.05) is 11.1 Å². The summed E-state index contributed by atoms with van der Waals surface area (Å²) in [5.41, 5.74) is 5.18. The van der Waals surface area contributed by atoms with E-state index in [0.29, 0.717) is 22.0 Å². The lowest BCUT2D eigenvalue weighted by Gasteiger charge is -2.10. The summed E-state index contributed by atoms with van der Waals surface area (Å²) < 4.78 is 0. The third-order valence-corrected chi connectivity index (χ3v) is 3.85. The number of hydrogen-bond donors (Lipinski definition) is 4. The fraction of sp³-hybridized carbons (Fsp3) is 0.200. The van der Waals surface area contributed by atoms with Crippen LogP contribution in [0.3, 0.4) is 0 Å². The third kappa shape index (κ3) is 4.35. The molecular weight excluding hydrogens is 356 g/mol. The molecule has 0 aliphatic heterocycles. The van der Waals surface area contributed by atoms with E-state index in [-0.39, 0.29) is 24.6 Å². The molecule has 0 radical (unpaired) electrons. The van der Waals surface area contributed by atoms with Crippen LogP contribution in [0.4, 0.5) is 11.6 Å². The molecule has 0 saturated heterocycles. The number of hydrogen-bond acceptors (Lipinski definition) is 6. The highest BCUT2D eigenvalue weighted by atomic mass is 16.1. The Bertz CT molecular complexity index is 1200. The highest BCUT2D eigenvalue weighted by Crippen LogP contribution is 2.17. The minimum absolute atomic E-state index is 0. The van der Waals surface area contributed by atoms with Crippen LogP contribution in [0, 0.1) is 0 Å². The van der Waals surface area contributed by atoms with Gasteiger partial charge in [-0.25, -0.2) is 10.2 Å². The van der Waals surface area contributed by atoms with Crippen molar-refractivity contribution in [1.82, 2.24) is 20.4 Å². The van der Waals surface area contributed by atoms with Crippen LogP contribution in [0.15, 0.2) is 58.1 Å². The normalized spacial score (nSPS) is 10.2. The van der Waals surface area contributed by atoms with E-state index >= 15 is 0 Å². The molecule has 2 aromatic heterocycles. The number of nitrogens with zero attached hydrogens (tertiary/aromatic N) is 2. The molecule has 0 aliphatic carbocycles. The number of aromatic nitrogens is 4. The fourth-order valence-electron chi connectivity index (χ4n) is 2.63. The third-order valence-electron chi connectivity index (χ3n) is 3.85. The van der Waals surface area contributed by atoms with Gasteiger partial charge in [-0.1, -0.05) is 43.8 Å². The molecule has 2 heterocycles. The van der Waals surface area contributed by atoms with E-state index < -0.39 is 0 Å². The molecule has 0 unspecified atom stereocenters. The maximum absolute atomic E-state index is 11.5.